The Bertz CT molecular complexity index is 597. The van der Waals surface area contributed by atoms with E-state index in [2.05, 4.69) is 16.0 Å². The monoisotopic (exact) mass is 349 g/mol. The summed E-state index contributed by atoms with van der Waals surface area (Å²) < 4.78 is 5.01. The summed E-state index contributed by atoms with van der Waals surface area (Å²) in [6, 6.07) is 6.18. The molecule has 1 aliphatic heterocycles. The van der Waals surface area contributed by atoms with Crippen molar-refractivity contribution in [3.63, 3.8) is 0 Å². The third kappa shape index (κ3) is 6.80. The molecule has 1 saturated heterocycles. The van der Waals surface area contributed by atoms with E-state index in [1.807, 2.05) is 0 Å². The van der Waals surface area contributed by atoms with E-state index in [-0.39, 0.29) is 30.8 Å². The third-order valence-electron chi connectivity index (χ3n) is 3.85. The molecule has 1 fully saturated rings. The maximum Gasteiger partial charge on any atom is 0.341 e. The normalized spacial score (nSPS) is 14.6. The predicted molar refractivity (Wildman–Crippen MR) is 90.9 cm³/mol. The quantitative estimate of drug-likeness (QED) is 0.515. The van der Waals surface area contributed by atoms with Crippen LogP contribution in [0.3, 0.4) is 0 Å². The molecule has 0 spiro atoms. The Morgan fingerprint density at radius 1 is 1.16 bits per heavy atom. The van der Waals surface area contributed by atoms with Gasteiger partial charge in [-0.15, -0.1) is 0 Å². The van der Waals surface area contributed by atoms with Crippen molar-refractivity contribution in [2.75, 3.05) is 26.2 Å². The molecule has 0 bridgehead atoms. The zero-order valence-corrected chi connectivity index (χ0v) is 13.9. The van der Waals surface area contributed by atoms with Gasteiger partial charge in [-0.1, -0.05) is 0 Å². The number of carbonyl (C=O) groups excluding carboxylic acids is 2. The highest BCUT2D eigenvalue weighted by atomic mass is 16.5. The number of piperidine rings is 1. The topological polar surface area (TPSA) is 117 Å². The van der Waals surface area contributed by atoms with Crippen molar-refractivity contribution in [3.8, 4) is 5.75 Å². The minimum Gasteiger partial charge on any atom is -0.482 e. The largest absolute Gasteiger partial charge is 0.482 e. The lowest BCUT2D eigenvalue weighted by Crippen LogP contribution is -2.47. The number of carbonyl (C=O) groups is 3. The summed E-state index contributed by atoms with van der Waals surface area (Å²) in [4.78, 5) is 34.3. The molecular weight excluding hydrogens is 326 g/mol. The van der Waals surface area contributed by atoms with Gasteiger partial charge in [0.1, 0.15) is 5.75 Å². The van der Waals surface area contributed by atoms with Crippen molar-refractivity contribution in [1.82, 2.24) is 16.0 Å². The summed E-state index contributed by atoms with van der Waals surface area (Å²) in [5.41, 5.74) is 0.489. The molecule has 0 atom stereocenters. The van der Waals surface area contributed by atoms with E-state index in [1.165, 1.54) is 0 Å². The van der Waals surface area contributed by atoms with Crippen LogP contribution in [0.1, 0.15) is 29.6 Å². The van der Waals surface area contributed by atoms with Gasteiger partial charge in [-0.05, 0) is 50.2 Å². The van der Waals surface area contributed by atoms with E-state index in [1.54, 1.807) is 24.3 Å². The molecule has 8 nitrogen and oxygen atoms in total. The molecule has 0 saturated carbocycles. The number of nitrogens with one attached hydrogen (secondary N) is 3. The average Bonchev–Trinajstić information content (AvgIpc) is 2.61. The Morgan fingerprint density at radius 3 is 2.48 bits per heavy atom. The minimum absolute atomic E-state index is 0.105. The minimum atomic E-state index is -1.06. The maximum absolute atomic E-state index is 12.1. The first-order valence-electron chi connectivity index (χ1n) is 8.27. The highest BCUT2D eigenvalue weighted by Gasteiger charge is 2.15. The van der Waals surface area contributed by atoms with Crippen molar-refractivity contribution in [2.45, 2.75) is 25.3 Å². The van der Waals surface area contributed by atoms with Gasteiger partial charge in [-0.2, -0.15) is 0 Å². The number of hydrogen-bond acceptors (Lipinski definition) is 5. The number of carboxylic acid groups (broad SMARTS) is 1. The summed E-state index contributed by atoms with van der Waals surface area (Å²) in [5, 5.41) is 17.4. The van der Waals surface area contributed by atoms with Crippen molar-refractivity contribution in [3.05, 3.63) is 29.8 Å². The van der Waals surface area contributed by atoms with Crippen molar-refractivity contribution in [2.24, 2.45) is 0 Å². The summed E-state index contributed by atoms with van der Waals surface area (Å²) in [7, 11) is 0. The molecule has 2 rings (SSSR count). The summed E-state index contributed by atoms with van der Waals surface area (Å²) >= 11 is 0. The van der Waals surface area contributed by atoms with Gasteiger partial charge in [0.2, 0.25) is 0 Å². The van der Waals surface area contributed by atoms with Crippen molar-refractivity contribution >= 4 is 17.8 Å². The van der Waals surface area contributed by atoms with Gasteiger partial charge in [-0.3, -0.25) is 4.79 Å². The number of urea groups is 1. The molecule has 2 amide bonds. The van der Waals surface area contributed by atoms with Gasteiger partial charge in [-0.25, -0.2) is 9.59 Å². The molecule has 4 N–H and O–H groups in total. The zero-order valence-electron chi connectivity index (χ0n) is 13.9. The molecule has 8 heteroatoms. The van der Waals surface area contributed by atoms with Crippen LogP contribution in [-0.4, -0.2) is 55.2 Å². The summed E-state index contributed by atoms with van der Waals surface area (Å²) in [6.45, 7) is 1.63. The number of Topliss-reactive ketones (excluding diaryl/α,β-unsaturated/α-hetero) is 1. The Hall–Kier alpha value is -2.61. The van der Waals surface area contributed by atoms with Gasteiger partial charge >= 0.3 is 12.0 Å². The van der Waals surface area contributed by atoms with Crippen molar-refractivity contribution < 1.29 is 24.2 Å². The first-order valence-corrected chi connectivity index (χ1v) is 8.27. The van der Waals surface area contributed by atoms with E-state index in [0.717, 1.165) is 25.9 Å². The fourth-order valence-corrected chi connectivity index (χ4v) is 2.52. The lowest BCUT2D eigenvalue weighted by molar-refractivity contribution is -0.139. The van der Waals surface area contributed by atoms with Crippen LogP contribution in [0.15, 0.2) is 24.3 Å². The number of hydrogen-bond donors (Lipinski definition) is 4. The van der Waals surface area contributed by atoms with Gasteiger partial charge in [0.25, 0.3) is 0 Å². The van der Waals surface area contributed by atoms with E-state index < -0.39 is 12.6 Å². The lowest BCUT2D eigenvalue weighted by Gasteiger charge is -2.23. The van der Waals surface area contributed by atoms with E-state index in [0.29, 0.717) is 11.3 Å². The number of ketones is 1. The van der Waals surface area contributed by atoms with E-state index in [9.17, 15) is 14.4 Å². The molecule has 25 heavy (non-hydrogen) atoms. The first-order chi connectivity index (χ1) is 12.0. The fraction of sp³-hybridized carbons (Fsp3) is 0.471. The smallest absolute Gasteiger partial charge is 0.341 e. The van der Waals surface area contributed by atoms with Crippen LogP contribution >= 0.6 is 0 Å². The van der Waals surface area contributed by atoms with Crippen LogP contribution in [0.25, 0.3) is 0 Å². The van der Waals surface area contributed by atoms with Gasteiger partial charge < -0.3 is 25.8 Å². The van der Waals surface area contributed by atoms with Crippen LogP contribution in [0, 0.1) is 0 Å². The van der Waals surface area contributed by atoms with Crippen LogP contribution < -0.4 is 20.7 Å². The first kappa shape index (κ1) is 18.7. The summed E-state index contributed by atoms with van der Waals surface area (Å²) in [6.07, 6.45) is 2.00. The molecule has 0 radical (unpaired) electrons. The number of aliphatic carboxylic acids is 1. The van der Waals surface area contributed by atoms with Crippen LogP contribution in [0.5, 0.6) is 5.75 Å². The number of carboxylic acids is 1. The predicted octanol–water partition coefficient (Wildman–Crippen LogP) is 0.774. The SMILES string of the molecule is O=C(O)COc1ccc(C(=O)CCNC(=O)NC2CCNCC2)cc1. The average molecular weight is 349 g/mol. The van der Waals surface area contributed by atoms with Crippen LogP contribution in [-0.2, 0) is 4.79 Å². The fourth-order valence-electron chi connectivity index (χ4n) is 2.52. The molecule has 136 valence electrons. The Balaban J connectivity index is 1.68. The second-order valence-electron chi connectivity index (χ2n) is 5.80. The lowest BCUT2D eigenvalue weighted by atomic mass is 10.1. The molecule has 0 aromatic heterocycles. The molecule has 1 aliphatic rings. The van der Waals surface area contributed by atoms with Gasteiger partial charge in [0, 0.05) is 24.6 Å². The molecule has 1 aromatic rings. The molecular formula is C17H23N3O5. The third-order valence-corrected chi connectivity index (χ3v) is 3.85. The second-order valence-corrected chi connectivity index (χ2v) is 5.80. The molecule has 1 aromatic carbocycles. The van der Waals surface area contributed by atoms with Gasteiger partial charge in [0.05, 0.1) is 0 Å². The Kier molecular flexibility index (Phi) is 7.21. The van der Waals surface area contributed by atoms with E-state index >= 15 is 0 Å². The zero-order chi connectivity index (χ0) is 18.1. The number of amides is 2. The van der Waals surface area contributed by atoms with Crippen LogP contribution in [0.2, 0.25) is 0 Å². The molecule has 0 aliphatic carbocycles. The maximum atomic E-state index is 12.1. The van der Waals surface area contributed by atoms with Gasteiger partial charge in [0.15, 0.2) is 12.4 Å². The van der Waals surface area contributed by atoms with Crippen molar-refractivity contribution in [1.29, 1.82) is 0 Å². The number of ether oxygens (including phenoxy) is 1. The Morgan fingerprint density at radius 2 is 1.84 bits per heavy atom. The Labute approximate surface area is 145 Å². The molecule has 1 heterocycles. The molecule has 0 unspecified atom stereocenters. The highest BCUT2D eigenvalue weighted by Crippen LogP contribution is 2.13. The number of rotatable bonds is 8. The van der Waals surface area contributed by atoms with Crippen LogP contribution in [0.4, 0.5) is 4.79 Å². The highest BCUT2D eigenvalue weighted by molar-refractivity contribution is 5.96. The second kappa shape index (κ2) is 9.63. The summed E-state index contributed by atoms with van der Waals surface area (Å²) in [5.74, 6) is -0.778. The number of benzene rings is 1. The van der Waals surface area contributed by atoms with E-state index in [4.69, 9.17) is 9.84 Å². The standard InChI is InChI=1S/C17H23N3O5/c21-15(12-1-3-14(4-2-12)25-11-16(22)23)7-10-19-17(24)20-13-5-8-18-9-6-13/h1-4,13,18H,5-11H2,(H,22,23)(H2,19,20,24).